The first kappa shape index (κ1) is 19.7. The van der Waals surface area contributed by atoms with E-state index in [1.54, 1.807) is 36.4 Å². The van der Waals surface area contributed by atoms with Crippen molar-refractivity contribution in [3.8, 4) is 6.07 Å². The summed E-state index contributed by atoms with van der Waals surface area (Å²) in [6, 6.07) is 14.7. The molecule has 1 aliphatic heterocycles. The average Bonchev–Trinajstić information content (AvgIpc) is 2.75. The molecule has 1 aliphatic rings. The third-order valence-electron chi connectivity index (χ3n) is 4.47. The van der Waals surface area contributed by atoms with Crippen molar-refractivity contribution >= 4 is 22.1 Å². The molecule has 0 aromatic heterocycles. The van der Waals surface area contributed by atoms with Crippen molar-refractivity contribution in [3.63, 3.8) is 0 Å². The minimum Gasteiger partial charge on any atom is -0.267 e. The molecule has 0 atom stereocenters. The molecule has 2 aromatic rings. The second-order valence-corrected chi connectivity index (χ2v) is 8.36. The Kier molecular flexibility index (Phi) is 6.19. The van der Waals surface area contributed by atoms with E-state index in [9.17, 15) is 13.2 Å². The summed E-state index contributed by atoms with van der Waals surface area (Å²) in [5, 5.41) is 12.7. The summed E-state index contributed by atoms with van der Waals surface area (Å²) in [7, 11) is -3.60. The van der Waals surface area contributed by atoms with Gasteiger partial charge in [-0.2, -0.15) is 14.7 Å². The molecular weight excluding hydrogens is 376 g/mol. The van der Waals surface area contributed by atoms with Crippen molar-refractivity contribution in [3.05, 3.63) is 65.2 Å². The van der Waals surface area contributed by atoms with Gasteiger partial charge in [0.05, 0.1) is 22.7 Å². The number of amides is 1. The van der Waals surface area contributed by atoms with Crippen LogP contribution < -0.4 is 5.43 Å². The minimum atomic E-state index is -3.60. The van der Waals surface area contributed by atoms with Crippen molar-refractivity contribution in [1.82, 2.24) is 9.73 Å². The van der Waals surface area contributed by atoms with Crippen LogP contribution in [-0.4, -0.2) is 37.9 Å². The maximum atomic E-state index is 12.8. The van der Waals surface area contributed by atoms with Gasteiger partial charge in [0.2, 0.25) is 10.0 Å². The highest BCUT2D eigenvalue weighted by molar-refractivity contribution is 7.89. The monoisotopic (exact) mass is 396 g/mol. The smallest absolute Gasteiger partial charge is 0.267 e. The van der Waals surface area contributed by atoms with Gasteiger partial charge in [0.15, 0.2) is 0 Å². The normalized spacial score (nSPS) is 15.2. The highest BCUT2D eigenvalue weighted by Crippen LogP contribution is 2.21. The number of rotatable bonds is 5. The summed E-state index contributed by atoms with van der Waals surface area (Å²) in [6.07, 6.45) is 4.19. The fourth-order valence-corrected chi connectivity index (χ4v) is 4.49. The topological polar surface area (TPSA) is 103 Å². The molecule has 0 aliphatic carbocycles. The van der Waals surface area contributed by atoms with E-state index in [1.807, 2.05) is 6.07 Å². The van der Waals surface area contributed by atoms with E-state index in [4.69, 9.17) is 5.26 Å². The fourth-order valence-electron chi connectivity index (χ4n) is 2.93. The van der Waals surface area contributed by atoms with Gasteiger partial charge in [0, 0.05) is 18.7 Å². The van der Waals surface area contributed by atoms with Gasteiger partial charge in [-0.1, -0.05) is 24.6 Å². The van der Waals surface area contributed by atoms with Gasteiger partial charge >= 0.3 is 0 Å². The Morgan fingerprint density at radius 2 is 1.82 bits per heavy atom. The Morgan fingerprint density at radius 1 is 1.11 bits per heavy atom. The van der Waals surface area contributed by atoms with E-state index >= 15 is 0 Å². The number of hydrazone groups is 1. The Hall–Kier alpha value is -3.02. The van der Waals surface area contributed by atoms with Crippen LogP contribution in [0, 0.1) is 11.3 Å². The van der Waals surface area contributed by atoms with Gasteiger partial charge in [-0.3, -0.25) is 4.79 Å². The van der Waals surface area contributed by atoms with Crippen LogP contribution in [0.25, 0.3) is 0 Å². The zero-order valence-electron chi connectivity index (χ0n) is 15.2. The standard InChI is InChI=1S/C20H20N4O3S/c21-14-16-7-9-17(10-8-16)15-22-23-20(25)18-5-4-6-19(13-18)28(26,27)24-11-2-1-3-12-24/h4-10,13,15H,1-3,11-12H2,(H,23,25)/b22-15+. The number of nitrogens with one attached hydrogen (secondary N) is 1. The van der Waals surface area contributed by atoms with Crippen LogP contribution in [0.5, 0.6) is 0 Å². The lowest BCUT2D eigenvalue weighted by molar-refractivity contribution is 0.0955. The summed E-state index contributed by atoms with van der Waals surface area (Å²) in [4.78, 5) is 12.4. The van der Waals surface area contributed by atoms with Gasteiger partial charge in [-0.05, 0) is 48.7 Å². The van der Waals surface area contributed by atoms with Crippen LogP contribution in [0.1, 0.15) is 40.7 Å². The second kappa shape index (κ2) is 8.78. The molecule has 3 rings (SSSR count). The molecule has 0 unspecified atom stereocenters. The molecule has 1 amide bonds. The number of carbonyl (C=O) groups excluding carboxylic acids is 1. The maximum absolute atomic E-state index is 12.8. The fraction of sp³-hybridized carbons (Fsp3) is 0.250. The van der Waals surface area contributed by atoms with Crippen molar-refractivity contribution in [1.29, 1.82) is 5.26 Å². The Morgan fingerprint density at radius 3 is 2.50 bits per heavy atom. The lowest BCUT2D eigenvalue weighted by atomic mass is 10.2. The van der Waals surface area contributed by atoms with Crippen molar-refractivity contribution < 1.29 is 13.2 Å². The van der Waals surface area contributed by atoms with Gasteiger partial charge in [-0.15, -0.1) is 0 Å². The van der Waals surface area contributed by atoms with E-state index in [2.05, 4.69) is 10.5 Å². The van der Waals surface area contributed by atoms with E-state index in [1.165, 1.54) is 22.7 Å². The van der Waals surface area contributed by atoms with Crippen LogP contribution in [0.15, 0.2) is 58.5 Å². The van der Waals surface area contributed by atoms with Crippen LogP contribution in [-0.2, 0) is 10.0 Å². The highest BCUT2D eigenvalue weighted by Gasteiger charge is 2.26. The first-order chi connectivity index (χ1) is 13.5. The molecule has 0 bridgehead atoms. The molecule has 1 fully saturated rings. The molecule has 0 spiro atoms. The molecule has 144 valence electrons. The maximum Gasteiger partial charge on any atom is 0.271 e. The zero-order chi connectivity index (χ0) is 20.0. The Bertz CT molecular complexity index is 1020. The van der Waals surface area contributed by atoms with Gasteiger partial charge in [0.25, 0.3) is 5.91 Å². The summed E-state index contributed by atoms with van der Waals surface area (Å²) in [5.41, 5.74) is 3.87. The molecule has 7 nitrogen and oxygen atoms in total. The molecule has 1 saturated heterocycles. The molecule has 1 N–H and O–H groups in total. The first-order valence-electron chi connectivity index (χ1n) is 8.94. The average molecular weight is 396 g/mol. The molecule has 8 heteroatoms. The van der Waals surface area contributed by atoms with E-state index in [0.29, 0.717) is 18.7 Å². The third kappa shape index (κ3) is 4.63. The number of piperidine rings is 1. The number of hydrogen-bond acceptors (Lipinski definition) is 5. The highest BCUT2D eigenvalue weighted by atomic mass is 32.2. The van der Waals surface area contributed by atoms with Crippen molar-refractivity contribution in [2.45, 2.75) is 24.2 Å². The SMILES string of the molecule is N#Cc1ccc(/C=N/NC(=O)c2cccc(S(=O)(=O)N3CCCCC3)c2)cc1. The zero-order valence-corrected chi connectivity index (χ0v) is 16.0. The molecule has 0 saturated carbocycles. The molecule has 0 radical (unpaired) electrons. The lowest BCUT2D eigenvalue weighted by Crippen LogP contribution is -2.35. The third-order valence-corrected chi connectivity index (χ3v) is 6.36. The molecular formula is C20H20N4O3S. The van der Waals surface area contributed by atoms with Gasteiger partial charge in [-0.25, -0.2) is 13.8 Å². The summed E-state index contributed by atoms with van der Waals surface area (Å²) in [6.45, 7) is 1.02. The van der Waals surface area contributed by atoms with Crippen LogP contribution in [0.2, 0.25) is 0 Å². The van der Waals surface area contributed by atoms with Crippen molar-refractivity contribution in [2.75, 3.05) is 13.1 Å². The van der Waals surface area contributed by atoms with E-state index < -0.39 is 15.9 Å². The van der Waals surface area contributed by atoms with Gasteiger partial charge < -0.3 is 0 Å². The van der Waals surface area contributed by atoms with Crippen LogP contribution in [0.3, 0.4) is 0 Å². The van der Waals surface area contributed by atoms with Crippen molar-refractivity contribution in [2.24, 2.45) is 5.10 Å². The summed E-state index contributed by atoms with van der Waals surface area (Å²) >= 11 is 0. The number of nitrogens with zero attached hydrogens (tertiary/aromatic N) is 3. The van der Waals surface area contributed by atoms with E-state index in [0.717, 1.165) is 24.8 Å². The second-order valence-electron chi connectivity index (χ2n) is 6.43. The molecule has 2 aromatic carbocycles. The molecule has 28 heavy (non-hydrogen) atoms. The number of nitriles is 1. The van der Waals surface area contributed by atoms with E-state index in [-0.39, 0.29) is 10.5 Å². The van der Waals surface area contributed by atoms with Crippen LogP contribution in [0.4, 0.5) is 0 Å². The quantitative estimate of drug-likeness (QED) is 0.619. The number of carbonyl (C=O) groups is 1. The van der Waals surface area contributed by atoms with Gasteiger partial charge in [0.1, 0.15) is 0 Å². The Labute approximate surface area is 164 Å². The summed E-state index contributed by atoms with van der Waals surface area (Å²) in [5.74, 6) is -0.499. The number of hydrogen-bond donors (Lipinski definition) is 1. The lowest BCUT2D eigenvalue weighted by Gasteiger charge is -2.25. The predicted molar refractivity (Wildman–Crippen MR) is 105 cm³/mol. The molecule has 1 heterocycles. The first-order valence-corrected chi connectivity index (χ1v) is 10.4. The predicted octanol–water partition coefficient (Wildman–Crippen LogP) is 2.50. The summed E-state index contributed by atoms with van der Waals surface area (Å²) < 4.78 is 27.0. The largest absolute Gasteiger partial charge is 0.271 e. The number of sulfonamides is 1. The number of benzene rings is 2. The Balaban J connectivity index is 1.69. The van der Waals surface area contributed by atoms with Crippen LogP contribution >= 0.6 is 0 Å². The minimum absolute atomic E-state index is 0.109.